The van der Waals surface area contributed by atoms with E-state index >= 15 is 0 Å². The lowest BCUT2D eigenvalue weighted by Crippen LogP contribution is -2.45. The summed E-state index contributed by atoms with van der Waals surface area (Å²) in [6.45, 7) is 6.67. The quantitative estimate of drug-likeness (QED) is 0.765. The first kappa shape index (κ1) is 21.8. The molecule has 5 nitrogen and oxygen atoms in total. The third-order valence-corrected chi connectivity index (χ3v) is 7.73. The Morgan fingerprint density at radius 3 is 2.48 bits per heavy atom. The van der Waals surface area contributed by atoms with Crippen molar-refractivity contribution >= 4 is 27.5 Å². The second-order valence-corrected chi connectivity index (χ2v) is 10.1. The van der Waals surface area contributed by atoms with Gasteiger partial charge < -0.3 is 5.32 Å². The van der Waals surface area contributed by atoms with Crippen molar-refractivity contribution in [2.45, 2.75) is 44.6 Å². The molecule has 2 aromatic carbocycles. The Labute approximate surface area is 178 Å². The molecule has 1 N–H and O–H groups in total. The monoisotopic (exact) mass is 434 g/mol. The Hall–Kier alpha value is -1.89. The van der Waals surface area contributed by atoms with Gasteiger partial charge in [0.1, 0.15) is 0 Å². The van der Waals surface area contributed by atoms with E-state index in [0.29, 0.717) is 24.4 Å². The maximum absolute atomic E-state index is 12.9. The fraction of sp³-hybridized carbons (Fsp3) is 0.409. The zero-order valence-corrected chi connectivity index (χ0v) is 18.6. The zero-order chi connectivity index (χ0) is 21.2. The molecule has 1 fully saturated rings. The van der Waals surface area contributed by atoms with Gasteiger partial charge in [0.05, 0.1) is 16.9 Å². The number of benzene rings is 2. The standard InChI is InChI=1S/C22H27ClN2O3S/c1-15-6-7-18(13-16(15)2)17(3)24-22(26)19-5-4-12-25(14-19)29(27,28)21-10-8-20(23)9-11-21/h6-11,13,17,19H,4-5,12,14H2,1-3H3,(H,24,26)/t17-,19-/m0/s1. The lowest BCUT2D eigenvalue weighted by molar-refractivity contribution is -0.126. The summed E-state index contributed by atoms with van der Waals surface area (Å²) in [5, 5.41) is 3.54. The van der Waals surface area contributed by atoms with E-state index in [1.165, 1.54) is 27.6 Å². The fourth-order valence-corrected chi connectivity index (χ4v) is 5.23. The van der Waals surface area contributed by atoms with E-state index in [1.807, 2.05) is 26.0 Å². The predicted molar refractivity (Wildman–Crippen MR) is 115 cm³/mol. The van der Waals surface area contributed by atoms with Crippen molar-refractivity contribution in [1.82, 2.24) is 9.62 Å². The highest BCUT2D eigenvalue weighted by molar-refractivity contribution is 7.89. The van der Waals surface area contributed by atoms with Gasteiger partial charge in [-0.2, -0.15) is 4.31 Å². The van der Waals surface area contributed by atoms with Gasteiger partial charge >= 0.3 is 0 Å². The average molecular weight is 435 g/mol. The molecule has 1 aliphatic heterocycles. The van der Waals surface area contributed by atoms with Crippen LogP contribution < -0.4 is 5.32 Å². The van der Waals surface area contributed by atoms with Gasteiger partial charge in [0, 0.05) is 18.1 Å². The number of nitrogens with zero attached hydrogens (tertiary/aromatic N) is 1. The van der Waals surface area contributed by atoms with Crippen molar-refractivity contribution in [1.29, 1.82) is 0 Å². The molecular weight excluding hydrogens is 408 g/mol. The summed E-state index contributed by atoms with van der Waals surface area (Å²) in [6, 6.07) is 12.1. The maximum Gasteiger partial charge on any atom is 0.243 e. The highest BCUT2D eigenvalue weighted by Gasteiger charge is 2.33. The lowest BCUT2D eigenvalue weighted by Gasteiger charge is -2.32. The SMILES string of the molecule is Cc1ccc([C@H](C)NC(=O)[C@H]2CCCN(S(=O)(=O)c3ccc(Cl)cc3)C2)cc1C. The third-order valence-electron chi connectivity index (χ3n) is 5.60. The third kappa shape index (κ3) is 5.00. The van der Waals surface area contributed by atoms with Crippen LogP contribution in [0.4, 0.5) is 0 Å². The molecule has 29 heavy (non-hydrogen) atoms. The van der Waals surface area contributed by atoms with Crippen molar-refractivity contribution in [3.05, 3.63) is 64.2 Å². The molecular formula is C22H27ClN2O3S. The molecule has 3 rings (SSSR count). The van der Waals surface area contributed by atoms with E-state index in [-0.39, 0.29) is 29.3 Å². The van der Waals surface area contributed by atoms with Crippen LogP contribution in [0.3, 0.4) is 0 Å². The molecule has 1 amide bonds. The van der Waals surface area contributed by atoms with E-state index in [1.54, 1.807) is 12.1 Å². The van der Waals surface area contributed by atoms with Crippen LogP contribution in [-0.2, 0) is 14.8 Å². The number of carbonyl (C=O) groups is 1. The molecule has 1 saturated heterocycles. The molecule has 156 valence electrons. The molecule has 2 aromatic rings. The van der Waals surface area contributed by atoms with Gasteiger partial charge in [-0.05, 0) is 74.6 Å². The van der Waals surface area contributed by atoms with E-state index in [2.05, 4.69) is 18.3 Å². The smallest absolute Gasteiger partial charge is 0.243 e. The number of piperidine rings is 1. The Balaban J connectivity index is 1.68. The summed E-state index contributed by atoms with van der Waals surface area (Å²) in [5.74, 6) is -0.466. The van der Waals surface area contributed by atoms with Crippen molar-refractivity contribution in [3.63, 3.8) is 0 Å². The lowest BCUT2D eigenvalue weighted by atomic mass is 9.97. The van der Waals surface area contributed by atoms with Gasteiger partial charge in [-0.25, -0.2) is 8.42 Å². The number of halogens is 1. The Kier molecular flexibility index (Phi) is 6.66. The molecule has 0 aliphatic carbocycles. The first-order chi connectivity index (χ1) is 13.7. The van der Waals surface area contributed by atoms with Crippen LogP contribution in [0, 0.1) is 19.8 Å². The van der Waals surface area contributed by atoms with Crippen LogP contribution in [0.5, 0.6) is 0 Å². The number of hydrogen-bond acceptors (Lipinski definition) is 3. The molecule has 1 aliphatic rings. The molecule has 0 aromatic heterocycles. The molecule has 2 atom stereocenters. The number of rotatable bonds is 5. The number of hydrogen-bond donors (Lipinski definition) is 1. The number of sulfonamides is 1. The van der Waals surface area contributed by atoms with Gasteiger partial charge in [0.2, 0.25) is 15.9 Å². The zero-order valence-electron chi connectivity index (χ0n) is 17.0. The summed E-state index contributed by atoms with van der Waals surface area (Å²) in [6.07, 6.45) is 1.33. The van der Waals surface area contributed by atoms with Crippen LogP contribution in [0.25, 0.3) is 0 Å². The maximum atomic E-state index is 12.9. The largest absolute Gasteiger partial charge is 0.349 e. The number of carbonyl (C=O) groups excluding carboxylic acids is 1. The Morgan fingerprint density at radius 2 is 1.83 bits per heavy atom. The van der Waals surface area contributed by atoms with Crippen molar-refractivity contribution in [2.75, 3.05) is 13.1 Å². The van der Waals surface area contributed by atoms with E-state index < -0.39 is 10.0 Å². The van der Waals surface area contributed by atoms with E-state index in [0.717, 1.165) is 5.56 Å². The summed E-state index contributed by atoms with van der Waals surface area (Å²) >= 11 is 5.87. The number of nitrogens with one attached hydrogen (secondary N) is 1. The summed E-state index contributed by atoms with van der Waals surface area (Å²) in [5.41, 5.74) is 3.44. The second kappa shape index (κ2) is 8.86. The van der Waals surface area contributed by atoms with Crippen LogP contribution in [0.2, 0.25) is 5.02 Å². The van der Waals surface area contributed by atoms with Crippen molar-refractivity contribution in [3.8, 4) is 0 Å². The van der Waals surface area contributed by atoms with E-state index in [9.17, 15) is 13.2 Å². The van der Waals surface area contributed by atoms with Gasteiger partial charge in [0.15, 0.2) is 0 Å². The van der Waals surface area contributed by atoms with Gasteiger partial charge in [-0.15, -0.1) is 0 Å². The topological polar surface area (TPSA) is 66.5 Å². The van der Waals surface area contributed by atoms with Crippen molar-refractivity contribution in [2.24, 2.45) is 5.92 Å². The van der Waals surface area contributed by atoms with Crippen LogP contribution >= 0.6 is 11.6 Å². The first-order valence-electron chi connectivity index (χ1n) is 9.81. The summed E-state index contributed by atoms with van der Waals surface area (Å²) in [7, 11) is -3.64. The van der Waals surface area contributed by atoms with Crippen LogP contribution in [0.1, 0.15) is 42.5 Å². The van der Waals surface area contributed by atoms with Gasteiger partial charge in [-0.3, -0.25) is 4.79 Å². The van der Waals surface area contributed by atoms with Gasteiger partial charge in [0.25, 0.3) is 0 Å². The Morgan fingerprint density at radius 1 is 1.14 bits per heavy atom. The fourth-order valence-electron chi connectivity index (χ4n) is 3.58. The number of amides is 1. The van der Waals surface area contributed by atoms with Gasteiger partial charge in [-0.1, -0.05) is 29.8 Å². The predicted octanol–water partition coefficient (Wildman–Crippen LogP) is 4.23. The minimum absolute atomic E-state index is 0.105. The minimum atomic E-state index is -3.64. The van der Waals surface area contributed by atoms with Crippen molar-refractivity contribution < 1.29 is 13.2 Å². The summed E-state index contributed by atoms with van der Waals surface area (Å²) < 4.78 is 27.3. The summed E-state index contributed by atoms with van der Waals surface area (Å²) in [4.78, 5) is 13.0. The molecule has 0 radical (unpaired) electrons. The second-order valence-electron chi connectivity index (χ2n) is 7.73. The average Bonchev–Trinajstić information content (AvgIpc) is 2.70. The van der Waals surface area contributed by atoms with Crippen LogP contribution in [-0.4, -0.2) is 31.7 Å². The normalized spacial score (nSPS) is 19.0. The first-order valence-corrected chi connectivity index (χ1v) is 11.6. The molecule has 0 bridgehead atoms. The highest BCUT2D eigenvalue weighted by atomic mass is 35.5. The van der Waals surface area contributed by atoms with Crippen LogP contribution in [0.15, 0.2) is 47.4 Å². The highest BCUT2D eigenvalue weighted by Crippen LogP contribution is 2.26. The van der Waals surface area contributed by atoms with E-state index in [4.69, 9.17) is 11.6 Å². The number of aryl methyl sites for hydroxylation is 2. The molecule has 7 heteroatoms. The molecule has 0 unspecified atom stereocenters. The minimum Gasteiger partial charge on any atom is -0.349 e. The Bertz CT molecular complexity index is 990. The molecule has 1 heterocycles. The molecule has 0 saturated carbocycles. The molecule has 0 spiro atoms.